The summed E-state index contributed by atoms with van der Waals surface area (Å²) in [6.07, 6.45) is 1.21. The Kier molecular flexibility index (Phi) is 5.30. The smallest absolute Gasteiger partial charge is 0.314 e. The normalized spacial score (nSPS) is 23.6. The van der Waals surface area contributed by atoms with Crippen LogP contribution in [0.15, 0.2) is 46.7 Å². The number of aliphatic imine (C=N–C) groups is 1. The molecule has 0 radical (unpaired) electrons. The number of fused-ring (bicyclic) bond motifs is 3. The molecule has 3 aliphatic rings. The van der Waals surface area contributed by atoms with Crippen molar-refractivity contribution < 1.29 is 9.59 Å². The van der Waals surface area contributed by atoms with Crippen LogP contribution in [0.3, 0.4) is 0 Å². The van der Waals surface area contributed by atoms with Gasteiger partial charge in [-0.2, -0.15) is 0 Å². The minimum absolute atomic E-state index is 0.139. The second kappa shape index (κ2) is 7.78. The molecule has 160 valence electrons. The van der Waals surface area contributed by atoms with Crippen LogP contribution in [-0.2, 0) is 11.2 Å². The van der Waals surface area contributed by atoms with E-state index in [0.29, 0.717) is 12.5 Å². The molecule has 4 rings (SSSR count). The minimum Gasteiger partial charge on any atom is -0.314 e. The second-order valence-electron chi connectivity index (χ2n) is 8.78. The molecule has 3 amide bonds. The Labute approximate surface area is 178 Å². The van der Waals surface area contributed by atoms with E-state index in [0.717, 1.165) is 36.7 Å². The fourth-order valence-electron chi connectivity index (χ4n) is 4.43. The number of allylic oxidation sites excluding steroid dienone is 2. The lowest BCUT2D eigenvalue weighted by Gasteiger charge is -2.41. The Morgan fingerprint density at radius 1 is 1.00 bits per heavy atom. The van der Waals surface area contributed by atoms with Crippen molar-refractivity contribution in [3.8, 4) is 0 Å². The zero-order valence-corrected chi connectivity index (χ0v) is 18.5. The third-order valence-electron chi connectivity index (χ3n) is 6.40. The van der Waals surface area contributed by atoms with Crippen LogP contribution in [0, 0.1) is 5.92 Å². The van der Waals surface area contributed by atoms with Crippen molar-refractivity contribution >= 4 is 17.9 Å². The van der Waals surface area contributed by atoms with E-state index in [4.69, 9.17) is 4.99 Å². The Hall–Kier alpha value is -2.83. The molecule has 0 spiro atoms. The number of hydrogen-bond donors (Lipinski definition) is 0. The van der Waals surface area contributed by atoms with Crippen molar-refractivity contribution in [1.29, 1.82) is 0 Å². The Bertz CT molecular complexity index is 907. The molecule has 3 heterocycles. The minimum atomic E-state index is -0.480. The monoisotopic (exact) mass is 409 g/mol. The van der Waals surface area contributed by atoms with Crippen LogP contribution in [0.2, 0.25) is 0 Å². The summed E-state index contributed by atoms with van der Waals surface area (Å²) in [6, 6.07) is 9.63. The van der Waals surface area contributed by atoms with Crippen molar-refractivity contribution in [2.45, 2.75) is 52.7 Å². The first kappa shape index (κ1) is 20.4. The summed E-state index contributed by atoms with van der Waals surface area (Å²) in [7, 11) is 1.75. The van der Waals surface area contributed by atoms with Crippen LogP contribution in [0.5, 0.6) is 0 Å². The molecule has 0 saturated carbocycles. The van der Waals surface area contributed by atoms with Gasteiger partial charge in [0.25, 0.3) is 5.91 Å². The Morgan fingerprint density at radius 2 is 1.70 bits per heavy atom. The number of hydrogen-bond acceptors (Lipinski definition) is 5. The number of rotatable bonds is 6. The number of imide groups is 1. The van der Waals surface area contributed by atoms with Crippen LogP contribution >= 0.6 is 0 Å². The number of benzene rings is 1. The molecule has 1 saturated heterocycles. The van der Waals surface area contributed by atoms with Crippen molar-refractivity contribution in [3.63, 3.8) is 0 Å². The molecule has 0 N–H and O–H groups in total. The van der Waals surface area contributed by atoms with Gasteiger partial charge in [0, 0.05) is 31.5 Å². The van der Waals surface area contributed by atoms with Gasteiger partial charge in [0.1, 0.15) is 0 Å². The average Bonchev–Trinajstić information content (AvgIpc) is 3.22. The van der Waals surface area contributed by atoms with Gasteiger partial charge >= 0.3 is 6.03 Å². The van der Waals surface area contributed by atoms with Gasteiger partial charge < -0.3 is 9.80 Å². The molecule has 1 fully saturated rings. The Balaban J connectivity index is 1.58. The molecule has 1 aromatic rings. The maximum Gasteiger partial charge on any atom is 0.328 e. The lowest BCUT2D eigenvalue weighted by molar-refractivity contribution is -0.137. The molecule has 0 aromatic heterocycles. The van der Waals surface area contributed by atoms with Gasteiger partial charge in [0.2, 0.25) is 5.96 Å². The fraction of sp³-hybridized carbons (Fsp3) is 0.522. The van der Waals surface area contributed by atoms with E-state index in [9.17, 15) is 9.59 Å². The highest BCUT2D eigenvalue weighted by Gasteiger charge is 2.55. The maximum absolute atomic E-state index is 13.4. The van der Waals surface area contributed by atoms with E-state index in [-0.39, 0.29) is 11.9 Å². The summed E-state index contributed by atoms with van der Waals surface area (Å²) in [5, 5.41) is 0. The molecular formula is C23H31N5O2. The van der Waals surface area contributed by atoms with Gasteiger partial charge in [-0.25, -0.2) is 9.79 Å². The summed E-state index contributed by atoms with van der Waals surface area (Å²) < 4.78 is 0. The van der Waals surface area contributed by atoms with Crippen molar-refractivity contribution in [1.82, 2.24) is 19.6 Å². The molecule has 2 unspecified atom stereocenters. The topological polar surface area (TPSA) is 59.5 Å². The van der Waals surface area contributed by atoms with Gasteiger partial charge in [0.15, 0.2) is 12.2 Å². The fourth-order valence-corrected chi connectivity index (χ4v) is 4.43. The first-order chi connectivity index (χ1) is 14.3. The predicted octanol–water partition coefficient (Wildman–Crippen LogP) is 3.10. The summed E-state index contributed by atoms with van der Waals surface area (Å²) in [5.41, 5.74) is 3.42. The number of likely N-dealkylation sites (N-methyl/N-ethyl adjacent to an activating group) is 1. The summed E-state index contributed by atoms with van der Waals surface area (Å²) >= 11 is 0. The molecular weight excluding hydrogens is 378 g/mol. The van der Waals surface area contributed by atoms with E-state index in [1.807, 2.05) is 30.0 Å². The van der Waals surface area contributed by atoms with Crippen LogP contribution in [0.25, 0.3) is 0 Å². The van der Waals surface area contributed by atoms with Crippen molar-refractivity contribution in [3.05, 3.63) is 47.3 Å². The van der Waals surface area contributed by atoms with Crippen LogP contribution in [-0.4, -0.2) is 69.8 Å². The van der Waals surface area contributed by atoms with E-state index in [1.54, 1.807) is 11.9 Å². The number of carbonyl (C=O) groups excluding carboxylic acids is 2. The number of carbonyl (C=O) groups is 2. The lowest BCUT2D eigenvalue weighted by Crippen LogP contribution is -2.64. The van der Waals surface area contributed by atoms with Gasteiger partial charge in [-0.05, 0) is 38.2 Å². The summed E-state index contributed by atoms with van der Waals surface area (Å²) in [5.74, 6) is 1.07. The van der Waals surface area contributed by atoms with E-state index >= 15 is 0 Å². The van der Waals surface area contributed by atoms with Gasteiger partial charge in [-0.15, -0.1) is 0 Å². The van der Waals surface area contributed by atoms with E-state index < -0.39 is 12.2 Å². The molecule has 30 heavy (non-hydrogen) atoms. The maximum atomic E-state index is 13.4. The van der Waals surface area contributed by atoms with Gasteiger partial charge in [0.05, 0.1) is 0 Å². The van der Waals surface area contributed by atoms with E-state index in [1.165, 1.54) is 10.5 Å². The first-order valence-electron chi connectivity index (χ1n) is 10.8. The quantitative estimate of drug-likeness (QED) is 0.724. The highest BCUT2D eigenvalue weighted by atomic mass is 16.2. The summed E-state index contributed by atoms with van der Waals surface area (Å²) in [6.45, 7) is 9.55. The number of amides is 3. The second-order valence-corrected chi connectivity index (χ2v) is 8.78. The van der Waals surface area contributed by atoms with Gasteiger partial charge in [-0.1, -0.05) is 44.2 Å². The molecule has 0 bridgehead atoms. The standard InChI is InChI=1S/C23H31N5O2/c1-15(2)11-13-27-21(29)19-20(25(5)23(27)30)24-22-26(16(3)17(4)28(19)22)14-12-18-9-7-6-8-10-18/h6-10,15,19-20H,11-14H2,1-5H3. The average molecular weight is 410 g/mol. The molecule has 7 nitrogen and oxygen atoms in total. The zero-order chi connectivity index (χ0) is 21.6. The summed E-state index contributed by atoms with van der Waals surface area (Å²) in [4.78, 5) is 38.4. The third kappa shape index (κ3) is 3.26. The van der Waals surface area contributed by atoms with Crippen LogP contribution in [0.4, 0.5) is 4.79 Å². The number of nitrogens with zero attached hydrogens (tertiary/aromatic N) is 5. The van der Waals surface area contributed by atoms with Gasteiger partial charge in [-0.3, -0.25) is 14.6 Å². The molecule has 2 atom stereocenters. The third-order valence-corrected chi connectivity index (χ3v) is 6.40. The first-order valence-corrected chi connectivity index (χ1v) is 10.8. The predicted molar refractivity (Wildman–Crippen MR) is 116 cm³/mol. The molecule has 0 aliphatic carbocycles. The lowest BCUT2D eigenvalue weighted by atomic mass is 10.1. The number of guanidine groups is 1. The van der Waals surface area contributed by atoms with Crippen molar-refractivity contribution in [2.24, 2.45) is 10.9 Å². The molecule has 3 aliphatic heterocycles. The Morgan fingerprint density at radius 3 is 2.37 bits per heavy atom. The highest BCUT2D eigenvalue weighted by Crippen LogP contribution is 2.37. The zero-order valence-electron chi connectivity index (χ0n) is 18.5. The van der Waals surface area contributed by atoms with Crippen molar-refractivity contribution in [2.75, 3.05) is 20.1 Å². The largest absolute Gasteiger partial charge is 0.328 e. The molecule has 7 heteroatoms. The van der Waals surface area contributed by atoms with E-state index in [2.05, 4.69) is 37.8 Å². The molecule has 1 aromatic carbocycles. The van der Waals surface area contributed by atoms with Crippen LogP contribution in [0.1, 0.15) is 39.7 Å². The number of urea groups is 1. The van der Waals surface area contributed by atoms with Crippen LogP contribution < -0.4 is 0 Å². The SMILES string of the molecule is CC1=C(C)N2C(=NC3C2C(=O)N(CCC(C)C)C(=O)N3C)N1CCc1ccccc1. The highest BCUT2D eigenvalue weighted by molar-refractivity contribution is 6.05.